The molecule has 2 aromatic carbocycles. The molecule has 0 aliphatic heterocycles. The molecule has 0 saturated heterocycles. The Morgan fingerprint density at radius 3 is 1.28 bits per heavy atom. The van der Waals surface area contributed by atoms with E-state index in [9.17, 15) is 24.6 Å². The van der Waals surface area contributed by atoms with Gasteiger partial charge in [0.05, 0.1) is 11.2 Å². The average Bonchev–Trinajstić information content (AvgIpc) is 2.83. The first-order chi connectivity index (χ1) is 15.4. The highest BCUT2D eigenvalue weighted by Gasteiger charge is 2.39. The second-order valence-corrected chi connectivity index (χ2v) is 9.26. The molecule has 0 aromatic heterocycles. The predicted molar refractivity (Wildman–Crippen MR) is 121 cm³/mol. The number of rotatable bonds is 6. The molecule has 5 nitrogen and oxygen atoms in total. The van der Waals surface area contributed by atoms with Crippen molar-refractivity contribution in [3.05, 3.63) is 70.8 Å². The maximum absolute atomic E-state index is 13.2. The highest BCUT2D eigenvalue weighted by atomic mass is 16.3. The molecule has 2 aliphatic rings. The summed E-state index contributed by atoms with van der Waals surface area (Å²) in [6.45, 7) is 0. The Morgan fingerprint density at radius 1 is 0.562 bits per heavy atom. The number of hydrogen-bond donors (Lipinski definition) is 2. The summed E-state index contributed by atoms with van der Waals surface area (Å²) in [6.07, 6.45) is 7.52. The highest BCUT2D eigenvalue weighted by molar-refractivity contribution is 6.70. The zero-order chi connectivity index (χ0) is 22.8. The van der Waals surface area contributed by atoms with Crippen LogP contribution >= 0.6 is 0 Å². The lowest BCUT2D eigenvalue weighted by Gasteiger charge is -2.34. The molecule has 2 fully saturated rings. The van der Waals surface area contributed by atoms with E-state index in [1.165, 1.54) is 12.1 Å². The number of ketones is 3. The van der Waals surface area contributed by atoms with E-state index in [2.05, 4.69) is 0 Å². The Hall–Kier alpha value is -2.63. The van der Waals surface area contributed by atoms with Crippen molar-refractivity contribution in [3.8, 4) is 0 Å². The lowest BCUT2D eigenvalue weighted by molar-refractivity contribution is -0.111. The third-order valence-electron chi connectivity index (χ3n) is 7.12. The van der Waals surface area contributed by atoms with Gasteiger partial charge in [0, 0.05) is 11.1 Å². The maximum atomic E-state index is 13.2. The Labute approximate surface area is 188 Å². The van der Waals surface area contributed by atoms with Crippen molar-refractivity contribution in [1.29, 1.82) is 0 Å². The van der Waals surface area contributed by atoms with Crippen molar-refractivity contribution in [3.63, 3.8) is 0 Å². The van der Waals surface area contributed by atoms with Crippen LogP contribution < -0.4 is 0 Å². The quantitative estimate of drug-likeness (QED) is 0.393. The molecule has 2 aliphatic carbocycles. The fraction of sp³-hybridized carbons (Fsp3) is 0.444. The number of Topliss-reactive ketones (excluding diaryl/α,β-unsaturated/α-hetero) is 3. The van der Waals surface area contributed by atoms with Gasteiger partial charge < -0.3 is 10.2 Å². The van der Waals surface area contributed by atoms with Crippen LogP contribution in [0.15, 0.2) is 48.5 Å². The average molecular weight is 435 g/mol. The molecule has 0 unspecified atom stereocenters. The second kappa shape index (κ2) is 9.08. The zero-order valence-electron chi connectivity index (χ0n) is 18.3. The molecular weight excluding hydrogens is 404 g/mol. The number of benzene rings is 2. The maximum Gasteiger partial charge on any atom is 0.273 e. The summed E-state index contributed by atoms with van der Waals surface area (Å²) >= 11 is 0. The Balaban J connectivity index is 1.66. The first kappa shape index (κ1) is 22.6. The van der Waals surface area contributed by atoms with Crippen molar-refractivity contribution in [2.45, 2.75) is 75.4 Å². The molecule has 0 amide bonds. The van der Waals surface area contributed by atoms with Gasteiger partial charge in [0.15, 0.2) is 0 Å². The van der Waals surface area contributed by atoms with Crippen LogP contribution in [0.4, 0.5) is 0 Å². The monoisotopic (exact) mass is 434 g/mol. The van der Waals surface area contributed by atoms with Gasteiger partial charge in [-0.15, -0.1) is 0 Å². The van der Waals surface area contributed by atoms with Crippen LogP contribution in [0.1, 0.15) is 96.1 Å². The molecule has 5 heteroatoms. The molecule has 0 spiro atoms. The molecule has 0 heterocycles. The van der Waals surface area contributed by atoms with E-state index in [0.717, 1.165) is 38.5 Å². The van der Waals surface area contributed by atoms with Gasteiger partial charge in [0.25, 0.3) is 5.78 Å². The van der Waals surface area contributed by atoms with Crippen LogP contribution in [0.3, 0.4) is 0 Å². The van der Waals surface area contributed by atoms with Gasteiger partial charge in [-0.2, -0.15) is 0 Å². The summed E-state index contributed by atoms with van der Waals surface area (Å²) in [6, 6.07) is 13.1. The van der Waals surface area contributed by atoms with E-state index in [1.807, 2.05) is 0 Å². The predicted octanol–water partition coefficient (Wildman–Crippen LogP) is 4.62. The van der Waals surface area contributed by atoms with Gasteiger partial charge in [0.1, 0.15) is 0 Å². The molecule has 4 rings (SSSR count). The Kier molecular flexibility index (Phi) is 6.40. The second-order valence-electron chi connectivity index (χ2n) is 9.26. The van der Waals surface area contributed by atoms with Crippen molar-refractivity contribution in [2.24, 2.45) is 0 Å². The zero-order valence-corrected chi connectivity index (χ0v) is 18.3. The van der Waals surface area contributed by atoms with Crippen LogP contribution in [0.2, 0.25) is 0 Å². The molecule has 0 bridgehead atoms. The fourth-order valence-electron chi connectivity index (χ4n) is 5.33. The minimum Gasteiger partial charge on any atom is -0.385 e. The van der Waals surface area contributed by atoms with Crippen LogP contribution in [-0.4, -0.2) is 27.6 Å². The van der Waals surface area contributed by atoms with Gasteiger partial charge in [-0.1, -0.05) is 87.1 Å². The van der Waals surface area contributed by atoms with Crippen molar-refractivity contribution in [2.75, 3.05) is 0 Å². The summed E-state index contributed by atoms with van der Waals surface area (Å²) in [5, 5.41) is 22.4. The number of carbonyl (C=O) groups is 3. The van der Waals surface area contributed by atoms with Crippen molar-refractivity contribution < 1.29 is 24.6 Å². The summed E-state index contributed by atoms with van der Waals surface area (Å²) in [4.78, 5) is 39.4. The molecule has 2 saturated carbocycles. The van der Waals surface area contributed by atoms with Gasteiger partial charge in [-0.3, -0.25) is 14.4 Å². The van der Waals surface area contributed by atoms with Crippen molar-refractivity contribution >= 4 is 17.3 Å². The minimum atomic E-state index is -1.16. The largest absolute Gasteiger partial charge is 0.385 e. The normalized spacial score (nSPS) is 19.8. The van der Waals surface area contributed by atoms with Gasteiger partial charge in [-0.25, -0.2) is 0 Å². The Bertz CT molecular complexity index is 944. The van der Waals surface area contributed by atoms with E-state index >= 15 is 0 Å². The van der Waals surface area contributed by atoms with Crippen LogP contribution in [0, 0.1) is 0 Å². The van der Waals surface area contributed by atoms with Crippen LogP contribution in [0.5, 0.6) is 0 Å². The molecule has 2 N–H and O–H groups in total. The summed E-state index contributed by atoms with van der Waals surface area (Å²) in [5.41, 5.74) is -1.31. The van der Waals surface area contributed by atoms with Crippen LogP contribution in [-0.2, 0) is 16.0 Å². The van der Waals surface area contributed by atoms with E-state index in [1.54, 1.807) is 36.4 Å². The molecule has 0 atom stereocenters. The summed E-state index contributed by atoms with van der Waals surface area (Å²) in [5.74, 6) is -2.95. The summed E-state index contributed by atoms with van der Waals surface area (Å²) in [7, 11) is 0. The van der Waals surface area contributed by atoms with Gasteiger partial charge in [-0.05, 0) is 36.8 Å². The van der Waals surface area contributed by atoms with Gasteiger partial charge >= 0.3 is 0 Å². The standard InChI is InChI=1S/C27H30O5/c28-23(19-11-3-5-13-21(19)26(31)15-7-1-8-16-26)25(30)24(29)20-12-4-6-14-22(20)27(32)17-9-2-10-18-27/h3-6,11-14,31-32H,1-2,7-10,15-18H2. The summed E-state index contributed by atoms with van der Waals surface area (Å²) < 4.78 is 0. The molecular formula is C27H30O5. The third kappa shape index (κ3) is 4.19. The van der Waals surface area contributed by atoms with E-state index < -0.39 is 28.6 Å². The smallest absolute Gasteiger partial charge is 0.273 e. The molecule has 168 valence electrons. The van der Waals surface area contributed by atoms with E-state index in [-0.39, 0.29) is 11.1 Å². The van der Waals surface area contributed by atoms with Crippen LogP contribution in [0.25, 0.3) is 0 Å². The minimum absolute atomic E-state index is 0.0871. The number of aliphatic hydroxyl groups is 2. The lowest BCUT2D eigenvalue weighted by Crippen LogP contribution is -2.34. The third-order valence-corrected chi connectivity index (χ3v) is 7.12. The molecule has 2 aromatic rings. The van der Waals surface area contributed by atoms with E-state index in [4.69, 9.17) is 0 Å². The van der Waals surface area contributed by atoms with Crippen molar-refractivity contribution in [1.82, 2.24) is 0 Å². The lowest BCUT2D eigenvalue weighted by atomic mass is 9.76. The first-order valence-corrected chi connectivity index (χ1v) is 11.6. The van der Waals surface area contributed by atoms with E-state index in [0.29, 0.717) is 36.8 Å². The fourth-order valence-corrected chi connectivity index (χ4v) is 5.33. The highest BCUT2D eigenvalue weighted by Crippen LogP contribution is 2.40. The number of carbonyl (C=O) groups excluding carboxylic acids is 3. The Morgan fingerprint density at radius 2 is 0.906 bits per heavy atom. The molecule has 32 heavy (non-hydrogen) atoms. The first-order valence-electron chi connectivity index (χ1n) is 11.6. The SMILES string of the molecule is O=C(C(=O)c1ccccc1C1(O)CCCCC1)C(=O)c1ccccc1C1(O)CCCCC1. The van der Waals surface area contributed by atoms with Gasteiger partial charge in [0.2, 0.25) is 11.6 Å². The number of hydrogen-bond acceptors (Lipinski definition) is 5. The topological polar surface area (TPSA) is 91.7 Å². The molecule has 0 radical (unpaired) electrons.